The van der Waals surface area contributed by atoms with E-state index >= 15 is 0 Å². The molecule has 0 bridgehead atoms. The number of nitrogens with zero attached hydrogens (tertiary/aromatic N) is 1. The smallest absolute Gasteiger partial charge is 0.0804 e. The van der Waals surface area contributed by atoms with Gasteiger partial charge in [-0.1, -0.05) is 82.3 Å². The van der Waals surface area contributed by atoms with Crippen LogP contribution in [0, 0.1) is 17.3 Å². The molecule has 0 spiro atoms. The summed E-state index contributed by atoms with van der Waals surface area (Å²) in [5.41, 5.74) is 9.32. The lowest BCUT2D eigenvalue weighted by Crippen LogP contribution is -2.38. The zero-order valence-electron chi connectivity index (χ0n) is 16.6. The minimum Gasteiger partial charge on any atom is -0.398 e. The Balaban J connectivity index is 1.97. The molecule has 1 aromatic heterocycles. The fourth-order valence-electron chi connectivity index (χ4n) is 4.97. The summed E-state index contributed by atoms with van der Waals surface area (Å²) in [5, 5.41) is 3.34. The molecule has 0 fully saturated rings. The van der Waals surface area contributed by atoms with E-state index in [9.17, 15) is 0 Å². The van der Waals surface area contributed by atoms with Crippen LogP contribution >= 0.6 is 0 Å². The van der Waals surface area contributed by atoms with Gasteiger partial charge in [0.05, 0.1) is 5.52 Å². The lowest BCUT2D eigenvalue weighted by atomic mass is 9.59. The topological polar surface area (TPSA) is 38.9 Å². The molecule has 0 amide bonds. The molecular formula is C25H28N2. The minimum atomic E-state index is 0.0611. The Kier molecular flexibility index (Phi) is 4.30. The second-order valence-corrected chi connectivity index (χ2v) is 8.35. The molecule has 138 valence electrons. The van der Waals surface area contributed by atoms with E-state index in [1.54, 1.807) is 0 Å². The number of nitrogens with two attached hydrogens (primary N) is 1. The van der Waals surface area contributed by atoms with Gasteiger partial charge in [-0.15, -0.1) is 0 Å². The fourth-order valence-corrected chi connectivity index (χ4v) is 4.97. The van der Waals surface area contributed by atoms with Crippen LogP contribution in [0.25, 0.3) is 21.7 Å². The van der Waals surface area contributed by atoms with Crippen molar-refractivity contribution in [2.24, 2.45) is 17.3 Å². The molecule has 1 heterocycles. The number of allylic oxidation sites excluding steroid dienone is 4. The number of anilines is 1. The Morgan fingerprint density at radius 3 is 2.33 bits per heavy atom. The van der Waals surface area contributed by atoms with Crippen LogP contribution < -0.4 is 5.73 Å². The van der Waals surface area contributed by atoms with Gasteiger partial charge in [0.25, 0.3) is 0 Å². The summed E-state index contributed by atoms with van der Waals surface area (Å²) in [6, 6.07) is 14.7. The first-order valence-electron chi connectivity index (χ1n) is 9.89. The predicted molar refractivity (Wildman–Crippen MR) is 117 cm³/mol. The number of benzene rings is 2. The molecule has 0 radical (unpaired) electrons. The monoisotopic (exact) mass is 356 g/mol. The van der Waals surface area contributed by atoms with Crippen molar-refractivity contribution in [2.45, 2.75) is 33.6 Å². The van der Waals surface area contributed by atoms with Crippen LogP contribution in [-0.4, -0.2) is 4.98 Å². The number of aromatic nitrogens is 1. The molecule has 2 aromatic carbocycles. The Morgan fingerprint density at radius 1 is 0.889 bits per heavy atom. The second-order valence-electron chi connectivity index (χ2n) is 8.35. The Labute approximate surface area is 161 Å². The average Bonchev–Trinajstić information content (AvgIpc) is 2.67. The van der Waals surface area contributed by atoms with Crippen LogP contribution in [0.2, 0.25) is 0 Å². The Morgan fingerprint density at radius 2 is 1.59 bits per heavy atom. The van der Waals surface area contributed by atoms with Crippen LogP contribution in [0.4, 0.5) is 5.69 Å². The van der Waals surface area contributed by atoms with Crippen molar-refractivity contribution >= 4 is 27.4 Å². The molecule has 0 saturated heterocycles. The molecule has 1 atom stereocenters. The maximum atomic E-state index is 6.34. The molecular weight excluding hydrogens is 328 g/mol. The molecule has 0 aliphatic heterocycles. The van der Waals surface area contributed by atoms with E-state index in [2.05, 4.69) is 82.3 Å². The largest absolute Gasteiger partial charge is 0.398 e. The van der Waals surface area contributed by atoms with E-state index in [0.717, 1.165) is 33.1 Å². The molecule has 1 aliphatic carbocycles. The highest BCUT2D eigenvalue weighted by atomic mass is 14.7. The van der Waals surface area contributed by atoms with Gasteiger partial charge in [0.15, 0.2) is 0 Å². The molecule has 0 saturated carbocycles. The van der Waals surface area contributed by atoms with Crippen molar-refractivity contribution in [3.8, 4) is 0 Å². The highest BCUT2D eigenvalue weighted by Gasteiger charge is 2.43. The van der Waals surface area contributed by atoms with Crippen LogP contribution in [-0.2, 0) is 0 Å². The van der Waals surface area contributed by atoms with Crippen molar-refractivity contribution in [1.82, 2.24) is 4.98 Å². The average molecular weight is 357 g/mol. The third-order valence-electron chi connectivity index (χ3n) is 6.41. The number of nitrogen functional groups attached to an aromatic ring is 1. The van der Waals surface area contributed by atoms with Gasteiger partial charge in [-0.3, -0.25) is 4.98 Å². The molecule has 2 heteroatoms. The summed E-state index contributed by atoms with van der Waals surface area (Å²) in [5.74, 6) is 1.28. The Hall–Kier alpha value is -2.61. The highest BCUT2D eigenvalue weighted by Crippen LogP contribution is 2.51. The maximum absolute atomic E-state index is 6.34. The molecule has 2 nitrogen and oxygen atoms in total. The summed E-state index contributed by atoms with van der Waals surface area (Å²) in [6.45, 7) is 9.30. The SMILES string of the molecule is CC(C)C1(C(C)C)C=CC=CC1c1ccc2ccc3cccc(N)c3c2n1. The van der Waals surface area contributed by atoms with Crippen molar-refractivity contribution < 1.29 is 0 Å². The summed E-state index contributed by atoms with van der Waals surface area (Å²) in [7, 11) is 0. The van der Waals surface area contributed by atoms with Crippen molar-refractivity contribution in [3.05, 3.63) is 72.5 Å². The summed E-state index contributed by atoms with van der Waals surface area (Å²) in [6.07, 6.45) is 9.08. The van der Waals surface area contributed by atoms with Crippen LogP contribution in [0.3, 0.4) is 0 Å². The molecule has 27 heavy (non-hydrogen) atoms. The number of hydrogen-bond donors (Lipinski definition) is 1. The van der Waals surface area contributed by atoms with E-state index in [4.69, 9.17) is 10.7 Å². The van der Waals surface area contributed by atoms with Gasteiger partial charge in [0.2, 0.25) is 0 Å². The van der Waals surface area contributed by atoms with Gasteiger partial charge in [-0.25, -0.2) is 0 Å². The quantitative estimate of drug-likeness (QED) is 0.431. The first-order chi connectivity index (χ1) is 12.9. The summed E-state index contributed by atoms with van der Waals surface area (Å²) >= 11 is 0. The number of hydrogen-bond acceptors (Lipinski definition) is 2. The molecule has 1 unspecified atom stereocenters. The zero-order chi connectivity index (χ0) is 19.2. The van der Waals surface area contributed by atoms with Crippen molar-refractivity contribution in [3.63, 3.8) is 0 Å². The van der Waals surface area contributed by atoms with Gasteiger partial charge in [-0.2, -0.15) is 0 Å². The minimum absolute atomic E-state index is 0.0611. The molecule has 2 N–H and O–H groups in total. The molecule has 4 rings (SSSR count). The fraction of sp³-hybridized carbons (Fsp3) is 0.320. The number of pyridine rings is 1. The van der Waals surface area contributed by atoms with E-state index in [-0.39, 0.29) is 11.3 Å². The highest BCUT2D eigenvalue weighted by molar-refractivity contribution is 6.11. The first kappa shape index (κ1) is 17.8. The van der Waals surface area contributed by atoms with Gasteiger partial charge in [-0.05, 0) is 29.4 Å². The third kappa shape index (κ3) is 2.66. The third-order valence-corrected chi connectivity index (χ3v) is 6.41. The van der Waals surface area contributed by atoms with E-state index in [1.807, 2.05) is 12.1 Å². The van der Waals surface area contributed by atoms with E-state index in [1.165, 1.54) is 0 Å². The summed E-state index contributed by atoms with van der Waals surface area (Å²) in [4.78, 5) is 5.18. The molecule has 1 aliphatic rings. The van der Waals surface area contributed by atoms with Gasteiger partial charge < -0.3 is 5.73 Å². The predicted octanol–water partition coefficient (Wildman–Crippen LogP) is 6.48. The van der Waals surface area contributed by atoms with Crippen molar-refractivity contribution in [2.75, 3.05) is 5.73 Å². The normalized spacial score (nSPS) is 18.8. The Bertz CT molecular complexity index is 1050. The lowest BCUT2D eigenvalue weighted by molar-refractivity contribution is 0.152. The van der Waals surface area contributed by atoms with E-state index in [0.29, 0.717) is 11.8 Å². The van der Waals surface area contributed by atoms with E-state index < -0.39 is 0 Å². The standard InChI is InChI=1S/C25H28N2/c1-16(2)25(17(3)4)15-6-5-9-20(25)22-14-13-19-12-11-18-8-7-10-21(26)23(18)24(19)27-22/h5-17,20H,26H2,1-4H3. The van der Waals surface area contributed by atoms with Gasteiger partial charge in [0.1, 0.15) is 0 Å². The first-order valence-corrected chi connectivity index (χ1v) is 9.89. The number of fused-ring (bicyclic) bond motifs is 3. The van der Waals surface area contributed by atoms with Gasteiger partial charge in [0, 0.05) is 33.5 Å². The summed E-state index contributed by atoms with van der Waals surface area (Å²) < 4.78 is 0. The van der Waals surface area contributed by atoms with Gasteiger partial charge >= 0.3 is 0 Å². The molecule has 3 aromatic rings. The van der Waals surface area contributed by atoms with Crippen molar-refractivity contribution in [1.29, 1.82) is 0 Å². The second kappa shape index (κ2) is 6.53. The lowest BCUT2D eigenvalue weighted by Gasteiger charge is -2.45. The van der Waals surface area contributed by atoms with Crippen LogP contribution in [0.15, 0.2) is 66.8 Å². The van der Waals surface area contributed by atoms with Crippen LogP contribution in [0.1, 0.15) is 39.3 Å². The zero-order valence-corrected chi connectivity index (χ0v) is 16.6. The number of rotatable bonds is 3. The maximum Gasteiger partial charge on any atom is 0.0804 e. The van der Waals surface area contributed by atoms with Crippen LogP contribution in [0.5, 0.6) is 0 Å².